The molecule has 0 unspecified atom stereocenters. The first-order valence-corrected chi connectivity index (χ1v) is 2.42. The zero-order valence-corrected chi connectivity index (χ0v) is 11.3. The van der Waals surface area contributed by atoms with Crippen molar-refractivity contribution in [1.29, 1.82) is 0 Å². The van der Waals surface area contributed by atoms with Crippen molar-refractivity contribution in [3.05, 3.63) is 35.9 Å². The Bertz CT molecular complexity index is 211. The zero-order chi connectivity index (χ0) is 6.69. The molecule has 0 spiro atoms. The van der Waals surface area contributed by atoms with Gasteiger partial charge in [0.2, 0.25) is 0 Å². The summed E-state index contributed by atoms with van der Waals surface area (Å²) in [7, 11) is 0. The second kappa shape index (κ2) is 6.76. The number of benzene rings is 1. The predicted molar refractivity (Wildman–Crippen MR) is 31.1 cm³/mol. The largest absolute Gasteiger partial charge is 0.563 e. The SMILES string of the molecule is O=C(O)c1[c-]c[c-]cc1.[W].[W]. The monoisotopic (exact) mass is 488 g/mol. The number of rotatable bonds is 1. The molecule has 0 aliphatic rings. The van der Waals surface area contributed by atoms with Crippen molar-refractivity contribution in [3.63, 3.8) is 0 Å². The van der Waals surface area contributed by atoms with Crippen molar-refractivity contribution < 1.29 is 52.0 Å². The van der Waals surface area contributed by atoms with Crippen LogP contribution in [0.1, 0.15) is 10.4 Å². The molecular weight excluding hydrogens is 484 g/mol. The van der Waals surface area contributed by atoms with Crippen LogP contribution in [0.15, 0.2) is 18.2 Å². The van der Waals surface area contributed by atoms with E-state index in [9.17, 15) is 4.79 Å². The van der Waals surface area contributed by atoms with Crippen LogP contribution in [-0.4, -0.2) is 11.1 Å². The molecule has 4 heteroatoms. The van der Waals surface area contributed by atoms with E-state index in [2.05, 4.69) is 12.1 Å². The molecule has 0 bridgehead atoms. The van der Waals surface area contributed by atoms with Gasteiger partial charge in [-0.05, 0) is 0 Å². The standard InChI is InChI=1S/C7H4O2.2W/c8-7(9)6-4-2-1-3-5-6;;/h2-4H,(H,8,9);;/q-2;;. The molecule has 0 saturated heterocycles. The Balaban J connectivity index is 0. The van der Waals surface area contributed by atoms with Crippen molar-refractivity contribution >= 4 is 5.97 Å². The normalized spacial score (nSPS) is 7.27. The Morgan fingerprint density at radius 1 is 1.45 bits per heavy atom. The van der Waals surface area contributed by atoms with Gasteiger partial charge in [0.15, 0.2) is 5.97 Å². The first-order chi connectivity index (χ1) is 4.30. The minimum Gasteiger partial charge on any atom is -0.563 e. The fourth-order valence-corrected chi connectivity index (χ4v) is 0.480. The maximum atomic E-state index is 10.2. The molecule has 58 valence electrons. The number of hydrogen-bond donors (Lipinski definition) is 1. The van der Waals surface area contributed by atoms with Gasteiger partial charge >= 0.3 is 0 Å². The topological polar surface area (TPSA) is 37.3 Å². The van der Waals surface area contributed by atoms with Gasteiger partial charge in [-0.1, -0.05) is 0 Å². The van der Waals surface area contributed by atoms with Gasteiger partial charge in [0, 0.05) is 42.1 Å². The van der Waals surface area contributed by atoms with E-state index < -0.39 is 5.97 Å². The van der Waals surface area contributed by atoms with Crippen LogP contribution >= 0.6 is 0 Å². The molecule has 0 atom stereocenters. The van der Waals surface area contributed by atoms with E-state index in [-0.39, 0.29) is 47.7 Å². The van der Waals surface area contributed by atoms with Gasteiger partial charge in [-0.25, -0.2) is 23.8 Å². The zero-order valence-electron chi connectivity index (χ0n) is 5.40. The van der Waals surface area contributed by atoms with Gasteiger partial charge in [-0.3, -0.25) is 12.1 Å². The van der Waals surface area contributed by atoms with Gasteiger partial charge in [-0.15, -0.1) is 0 Å². The average molecular weight is 488 g/mol. The molecule has 1 aromatic rings. The minimum absolute atomic E-state index is 0. The van der Waals surface area contributed by atoms with E-state index >= 15 is 0 Å². The van der Waals surface area contributed by atoms with Gasteiger partial charge in [0.05, 0.1) is 0 Å². The molecule has 0 fully saturated rings. The van der Waals surface area contributed by atoms with E-state index in [1.165, 1.54) is 12.1 Å². The van der Waals surface area contributed by atoms with E-state index in [1.54, 1.807) is 6.07 Å². The van der Waals surface area contributed by atoms with Crippen LogP contribution in [0.25, 0.3) is 0 Å². The van der Waals surface area contributed by atoms with Gasteiger partial charge < -0.3 is 9.90 Å². The van der Waals surface area contributed by atoms with Crippen molar-refractivity contribution in [3.8, 4) is 0 Å². The summed E-state index contributed by atoms with van der Waals surface area (Å²) in [5.41, 5.74) is 0.175. The summed E-state index contributed by atoms with van der Waals surface area (Å²) in [4.78, 5) is 10.2. The molecule has 0 heterocycles. The number of hydrogen-bond acceptors (Lipinski definition) is 1. The van der Waals surface area contributed by atoms with E-state index in [4.69, 9.17) is 5.11 Å². The van der Waals surface area contributed by atoms with Crippen LogP contribution in [0.3, 0.4) is 0 Å². The molecule has 1 rings (SSSR count). The second-order valence-electron chi connectivity index (χ2n) is 1.51. The molecule has 0 aliphatic carbocycles. The Kier molecular flexibility index (Phi) is 8.38. The van der Waals surface area contributed by atoms with Crippen LogP contribution < -0.4 is 0 Å². The van der Waals surface area contributed by atoms with Gasteiger partial charge in [-0.2, -0.15) is 0 Å². The van der Waals surface area contributed by atoms with E-state index in [0.29, 0.717) is 0 Å². The first-order valence-electron chi connectivity index (χ1n) is 2.42. The molecule has 0 radical (unpaired) electrons. The van der Waals surface area contributed by atoms with Crippen molar-refractivity contribution in [2.75, 3.05) is 0 Å². The molecule has 11 heavy (non-hydrogen) atoms. The summed E-state index contributed by atoms with van der Waals surface area (Å²) in [5, 5.41) is 8.34. The summed E-state index contributed by atoms with van der Waals surface area (Å²) in [5.74, 6) is -0.955. The maximum absolute atomic E-state index is 10.2. The van der Waals surface area contributed by atoms with Crippen LogP contribution in [-0.2, 0) is 42.1 Å². The summed E-state index contributed by atoms with van der Waals surface area (Å²) in [6.07, 6.45) is 0. The molecule has 0 amide bonds. The van der Waals surface area contributed by atoms with Crippen LogP contribution in [0.5, 0.6) is 0 Å². The van der Waals surface area contributed by atoms with Crippen molar-refractivity contribution in [2.45, 2.75) is 0 Å². The number of carbonyl (C=O) groups is 1. The van der Waals surface area contributed by atoms with Gasteiger partial charge in [0.1, 0.15) is 0 Å². The van der Waals surface area contributed by atoms with Crippen molar-refractivity contribution in [1.82, 2.24) is 0 Å². The Morgan fingerprint density at radius 3 is 2.36 bits per heavy atom. The summed E-state index contributed by atoms with van der Waals surface area (Å²) in [6, 6.07) is 9.62. The van der Waals surface area contributed by atoms with Crippen LogP contribution in [0, 0.1) is 12.1 Å². The summed E-state index contributed by atoms with van der Waals surface area (Å²) in [6.45, 7) is 0. The van der Waals surface area contributed by atoms with E-state index in [1.807, 2.05) is 0 Å². The Hall–Kier alpha value is 0.0666. The average Bonchev–Trinajstić information content (AvgIpc) is 1.90. The third-order valence-corrected chi connectivity index (χ3v) is 0.888. The summed E-state index contributed by atoms with van der Waals surface area (Å²) >= 11 is 0. The number of carboxylic acid groups (broad SMARTS) is 1. The van der Waals surface area contributed by atoms with Crippen molar-refractivity contribution in [2.24, 2.45) is 0 Å². The summed E-state index contributed by atoms with van der Waals surface area (Å²) < 4.78 is 0. The Morgan fingerprint density at radius 2 is 2.09 bits per heavy atom. The third-order valence-electron chi connectivity index (χ3n) is 0.888. The maximum Gasteiger partial charge on any atom is 0.155 e. The molecule has 1 N–H and O–H groups in total. The smallest absolute Gasteiger partial charge is 0.155 e. The molecule has 0 aromatic heterocycles. The molecule has 0 aliphatic heterocycles. The third kappa shape index (κ3) is 4.50. The first kappa shape index (κ1) is 13.6. The predicted octanol–water partition coefficient (Wildman–Crippen LogP) is 0.980. The molecule has 0 saturated carbocycles. The molecule has 2 nitrogen and oxygen atoms in total. The molecule has 1 aromatic carbocycles. The second-order valence-corrected chi connectivity index (χ2v) is 1.51. The molecular formula is C7H4O2W2-2. The number of carboxylic acids is 1. The quantitative estimate of drug-likeness (QED) is 0.600. The van der Waals surface area contributed by atoms with Gasteiger partial charge in [0.25, 0.3) is 0 Å². The Labute approximate surface area is 93.5 Å². The van der Waals surface area contributed by atoms with Crippen LogP contribution in [0.2, 0.25) is 0 Å². The van der Waals surface area contributed by atoms with E-state index in [0.717, 1.165) is 0 Å². The number of aromatic carboxylic acids is 1. The minimum atomic E-state index is -0.955. The fraction of sp³-hybridized carbons (Fsp3) is 0. The van der Waals surface area contributed by atoms with Crippen LogP contribution in [0.4, 0.5) is 0 Å². The fourth-order valence-electron chi connectivity index (χ4n) is 0.480.